The highest BCUT2D eigenvalue weighted by atomic mass is 15.3. The molecule has 0 radical (unpaired) electrons. The van der Waals surface area contributed by atoms with Crippen LogP contribution < -0.4 is 0 Å². The number of amidine groups is 1. The lowest BCUT2D eigenvalue weighted by molar-refractivity contribution is 0.368. The van der Waals surface area contributed by atoms with E-state index in [0.717, 1.165) is 0 Å². The second kappa shape index (κ2) is 6.21. The summed E-state index contributed by atoms with van der Waals surface area (Å²) in [5, 5.41) is 0. The first-order valence-corrected chi connectivity index (χ1v) is 8.56. The van der Waals surface area contributed by atoms with E-state index in [1.165, 1.54) is 55.5 Å². The zero-order chi connectivity index (χ0) is 14.8. The van der Waals surface area contributed by atoms with Gasteiger partial charge in [0.25, 0.3) is 0 Å². The maximum atomic E-state index is 5.09. The molecular weight excluding hydrogens is 256 g/mol. The molecule has 0 aromatic rings. The third kappa shape index (κ3) is 3.14. The zero-order valence-corrected chi connectivity index (χ0v) is 13.7. The standard InChI is InChI=1S/C19H28N2/c1-14(2)11-12-21-18-10-9-15(3)13-17(18)20-19(21)16-7-5-4-6-8-16/h7,11-14,17-18H,4-6,8-10H2,1-3H3/b12-11+. The molecular formula is C19H28N2. The van der Waals surface area contributed by atoms with Crippen molar-refractivity contribution in [2.24, 2.45) is 10.9 Å². The van der Waals surface area contributed by atoms with E-state index in [0.29, 0.717) is 18.0 Å². The van der Waals surface area contributed by atoms with Crippen LogP contribution in [0, 0.1) is 5.92 Å². The Kier molecular flexibility index (Phi) is 4.32. The molecule has 0 aromatic heterocycles. The van der Waals surface area contributed by atoms with Crippen molar-refractivity contribution in [1.29, 1.82) is 0 Å². The summed E-state index contributed by atoms with van der Waals surface area (Å²) in [6.45, 7) is 6.73. The molecule has 114 valence electrons. The van der Waals surface area contributed by atoms with Crippen LogP contribution in [0.3, 0.4) is 0 Å². The summed E-state index contributed by atoms with van der Waals surface area (Å²) in [5.74, 6) is 1.85. The molecule has 0 bridgehead atoms. The Morgan fingerprint density at radius 3 is 2.86 bits per heavy atom. The summed E-state index contributed by atoms with van der Waals surface area (Å²) < 4.78 is 0. The third-order valence-electron chi connectivity index (χ3n) is 4.77. The van der Waals surface area contributed by atoms with Crippen molar-refractivity contribution in [3.63, 3.8) is 0 Å². The smallest absolute Gasteiger partial charge is 0.131 e. The van der Waals surface area contributed by atoms with Crippen LogP contribution in [0.5, 0.6) is 0 Å². The Bertz CT molecular complexity index is 508. The van der Waals surface area contributed by atoms with Crippen molar-refractivity contribution in [3.05, 3.63) is 35.6 Å². The minimum Gasteiger partial charge on any atom is -0.328 e. The number of hydrogen-bond acceptors (Lipinski definition) is 2. The monoisotopic (exact) mass is 284 g/mol. The average Bonchev–Trinajstić information content (AvgIpc) is 2.83. The molecule has 0 aromatic carbocycles. The van der Waals surface area contributed by atoms with E-state index < -0.39 is 0 Å². The first-order chi connectivity index (χ1) is 10.1. The molecule has 2 nitrogen and oxygen atoms in total. The van der Waals surface area contributed by atoms with Crippen LogP contribution >= 0.6 is 0 Å². The fourth-order valence-corrected chi connectivity index (χ4v) is 3.56. The molecule has 0 N–H and O–H groups in total. The summed E-state index contributed by atoms with van der Waals surface area (Å²) in [6.07, 6.45) is 17.0. The van der Waals surface area contributed by atoms with Crippen LogP contribution in [0.15, 0.2) is 40.6 Å². The Balaban J connectivity index is 1.90. The van der Waals surface area contributed by atoms with Gasteiger partial charge in [-0.05, 0) is 56.9 Å². The van der Waals surface area contributed by atoms with Crippen LogP contribution in [0.1, 0.15) is 59.3 Å². The van der Waals surface area contributed by atoms with Gasteiger partial charge in [0.1, 0.15) is 5.84 Å². The maximum absolute atomic E-state index is 5.09. The lowest BCUT2D eigenvalue weighted by Crippen LogP contribution is -2.37. The molecule has 0 saturated carbocycles. The van der Waals surface area contributed by atoms with Crippen molar-refractivity contribution in [2.75, 3.05) is 0 Å². The van der Waals surface area contributed by atoms with E-state index >= 15 is 0 Å². The predicted molar refractivity (Wildman–Crippen MR) is 90.4 cm³/mol. The highest BCUT2D eigenvalue weighted by Crippen LogP contribution is 2.34. The summed E-state index contributed by atoms with van der Waals surface area (Å²) in [5.41, 5.74) is 2.99. The number of allylic oxidation sites excluding steroid dienone is 3. The van der Waals surface area contributed by atoms with E-state index in [1.54, 1.807) is 0 Å². The molecule has 21 heavy (non-hydrogen) atoms. The molecule has 3 rings (SSSR count). The Morgan fingerprint density at radius 1 is 1.29 bits per heavy atom. The Hall–Kier alpha value is -1.31. The third-order valence-corrected chi connectivity index (χ3v) is 4.77. The summed E-state index contributed by atoms with van der Waals surface area (Å²) in [4.78, 5) is 7.57. The molecule has 0 saturated heterocycles. The Labute approximate surface area is 129 Å². The lowest BCUT2D eigenvalue weighted by atomic mass is 9.92. The average molecular weight is 284 g/mol. The number of nitrogens with zero attached hydrogens (tertiary/aromatic N) is 2. The first kappa shape index (κ1) is 14.6. The van der Waals surface area contributed by atoms with Gasteiger partial charge in [0, 0.05) is 6.20 Å². The van der Waals surface area contributed by atoms with Gasteiger partial charge in [0.15, 0.2) is 0 Å². The molecule has 2 atom stereocenters. The van der Waals surface area contributed by atoms with Crippen LogP contribution in [-0.4, -0.2) is 22.8 Å². The molecule has 3 aliphatic rings. The number of rotatable bonds is 3. The molecule has 0 spiro atoms. The SMILES string of the molecule is CC1=CC2N=C(C3=CCCCC3)N(/C=C/C(C)C)C2CC1. The van der Waals surface area contributed by atoms with Crippen molar-refractivity contribution >= 4 is 5.84 Å². The number of hydrogen-bond donors (Lipinski definition) is 0. The van der Waals surface area contributed by atoms with E-state index in [4.69, 9.17) is 4.99 Å². The highest BCUT2D eigenvalue weighted by molar-refractivity contribution is 6.00. The molecule has 2 heteroatoms. The van der Waals surface area contributed by atoms with Crippen LogP contribution in [0.2, 0.25) is 0 Å². The Morgan fingerprint density at radius 2 is 2.14 bits per heavy atom. The van der Waals surface area contributed by atoms with Crippen LogP contribution in [0.4, 0.5) is 0 Å². The highest BCUT2D eigenvalue weighted by Gasteiger charge is 2.36. The fourth-order valence-electron chi connectivity index (χ4n) is 3.56. The topological polar surface area (TPSA) is 15.6 Å². The second-order valence-corrected chi connectivity index (χ2v) is 7.03. The van der Waals surface area contributed by atoms with Gasteiger partial charge in [0.05, 0.1) is 12.1 Å². The molecule has 0 amide bonds. The van der Waals surface area contributed by atoms with E-state index in [2.05, 4.69) is 50.1 Å². The van der Waals surface area contributed by atoms with Gasteiger partial charge in [-0.25, -0.2) is 0 Å². The molecule has 2 aliphatic carbocycles. The summed E-state index contributed by atoms with van der Waals surface area (Å²) >= 11 is 0. The van der Waals surface area contributed by atoms with Crippen LogP contribution in [-0.2, 0) is 0 Å². The van der Waals surface area contributed by atoms with Gasteiger partial charge in [-0.2, -0.15) is 0 Å². The van der Waals surface area contributed by atoms with Gasteiger partial charge in [-0.1, -0.05) is 37.6 Å². The molecule has 2 unspecified atom stereocenters. The molecule has 1 heterocycles. The van der Waals surface area contributed by atoms with Crippen molar-refractivity contribution in [2.45, 2.75) is 71.4 Å². The van der Waals surface area contributed by atoms with E-state index in [1.807, 2.05) is 0 Å². The number of aliphatic imine (C=N–C) groups is 1. The van der Waals surface area contributed by atoms with Gasteiger partial charge >= 0.3 is 0 Å². The van der Waals surface area contributed by atoms with Gasteiger partial charge < -0.3 is 4.90 Å². The van der Waals surface area contributed by atoms with Crippen molar-refractivity contribution in [1.82, 2.24) is 4.90 Å². The minimum absolute atomic E-state index is 0.369. The summed E-state index contributed by atoms with van der Waals surface area (Å²) in [6, 6.07) is 0.912. The first-order valence-electron chi connectivity index (χ1n) is 8.56. The molecule has 1 aliphatic heterocycles. The van der Waals surface area contributed by atoms with Gasteiger partial charge in [-0.3, -0.25) is 4.99 Å². The largest absolute Gasteiger partial charge is 0.328 e. The number of fused-ring (bicyclic) bond motifs is 1. The normalized spacial score (nSPS) is 29.5. The fraction of sp³-hybridized carbons (Fsp3) is 0.632. The lowest BCUT2D eigenvalue weighted by Gasteiger charge is -2.30. The minimum atomic E-state index is 0.369. The quantitative estimate of drug-likeness (QED) is 0.677. The van der Waals surface area contributed by atoms with E-state index in [9.17, 15) is 0 Å². The maximum Gasteiger partial charge on any atom is 0.131 e. The van der Waals surface area contributed by atoms with E-state index in [-0.39, 0.29) is 0 Å². The summed E-state index contributed by atoms with van der Waals surface area (Å²) in [7, 11) is 0. The van der Waals surface area contributed by atoms with Crippen molar-refractivity contribution in [3.8, 4) is 0 Å². The van der Waals surface area contributed by atoms with Crippen LogP contribution in [0.25, 0.3) is 0 Å². The zero-order valence-electron chi connectivity index (χ0n) is 13.7. The molecule has 0 fully saturated rings. The van der Waals surface area contributed by atoms with Gasteiger partial charge in [0.2, 0.25) is 0 Å². The second-order valence-electron chi connectivity index (χ2n) is 7.03. The predicted octanol–water partition coefficient (Wildman–Crippen LogP) is 4.85. The van der Waals surface area contributed by atoms with Crippen molar-refractivity contribution < 1.29 is 0 Å². The van der Waals surface area contributed by atoms with Gasteiger partial charge in [-0.15, -0.1) is 0 Å².